The molecule has 0 N–H and O–H groups in total. The van der Waals surface area contributed by atoms with Gasteiger partial charge in [-0.05, 0) is 24.6 Å². The molecule has 0 aliphatic heterocycles. The molecule has 1 heteroatoms. The lowest BCUT2D eigenvalue weighted by atomic mass is 10.4. The summed E-state index contributed by atoms with van der Waals surface area (Å²) >= 11 is 1.67. The maximum Gasteiger partial charge on any atom is 0.0175 e. The fourth-order valence-electron chi connectivity index (χ4n) is 0.801. The van der Waals surface area contributed by atoms with Gasteiger partial charge in [0.05, 0.1) is 0 Å². The number of hydrogen-bond donors (Lipinski definition) is 0. The molecule has 0 heterocycles. The third kappa shape index (κ3) is 4.41. The van der Waals surface area contributed by atoms with E-state index < -0.39 is 0 Å². The van der Waals surface area contributed by atoms with E-state index in [0.717, 1.165) is 6.42 Å². The lowest BCUT2D eigenvalue weighted by Gasteiger charge is -1.90. The van der Waals surface area contributed by atoms with E-state index >= 15 is 0 Å². The fourth-order valence-corrected chi connectivity index (χ4v) is 1.42. The Morgan fingerprint density at radius 3 is 2.77 bits per heavy atom. The Kier molecular flexibility index (Phi) is 4.85. The van der Waals surface area contributed by atoms with Crippen molar-refractivity contribution in [2.75, 3.05) is 0 Å². The van der Waals surface area contributed by atoms with Crippen molar-refractivity contribution in [2.45, 2.75) is 11.3 Å². The molecule has 0 aliphatic carbocycles. The van der Waals surface area contributed by atoms with Crippen LogP contribution in [0.4, 0.5) is 0 Å². The molecule has 1 aromatic rings. The Hall–Kier alpha value is -1.17. The SMILES string of the molecule is C=CCC=C=CSc1ccccc1. The summed E-state index contributed by atoms with van der Waals surface area (Å²) in [6.07, 6.45) is 4.70. The van der Waals surface area contributed by atoms with E-state index in [-0.39, 0.29) is 0 Å². The molecule has 0 radical (unpaired) electrons. The average Bonchev–Trinajstić information content (AvgIpc) is 2.19. The van der Waals surface area contributed by atoms with Crippen LogP contribution in [-0.4, -0.2) is 0 Å². The summed E-state index contributed by atoms with van der Waals surface area (Å²) in [4.78, 5) is 1.24. The molecule has 13 heavy (non-hydrogen) atoms. The van der Waals surface area contributed by atoms with E-state index in [1.807, 2.05) is 35.8 Å². The van der Waals surface area contributed by atoms with Crippen LogP contribution in [0, 0.1) is 0 Å². The van der Waals surface area contributed by atoms with Crippen molar-refractivity contribution in [3.8, 4) is 0 Å². The van der Waals surface area contributed by atoms with E-state index in [1.165, 1.54) is 4.90 Å². The maximum absolute atomic E-state index is 3.62. The number of benzene rings is 1. The molecule has 0 nitrogen and oxygen atoms in total. The van der Waals surface area contributed by atoms with Gasteiger partial charge in [0.25, 0.3) is 0 Å². The van der Waals surface area contributed by atoms with E-state index in [1.54, 1.807) is 11.8 Å². The molecule has 0 unspecified atom stereocenters. The predicted molar refractivity (Wildman–Crippen MR) is 59.8 cm³/mol. The standard InChI is InChI=1S/C12H12S/c1-2-3-4-8-11-13-12-9-6-5-7-10-12/h2,4-7,9-11H,1,3H2. The van der Waals surface area contributed by atoms with E-state index in [2.05, 4.69) is 24.4 Å². The van der Waals surface area contributed by atoms with Gasteiger partial charge < -0.3 is 0 Å². The zero-order chi connectivity index (χ0) is 9.36. The second kappa shape index (κ2) is 6.36. The van der Waals surface area contributed by atoms with Crippen LogP contribution >= 0.6 is 11.8 Å². The van der Waals surface area contributed by atoms with Gasteiger partial charge in [-0.3, -0.25) is 0 Å². The summed E-state index contributed by atoms with van der Waals surface area (Å²) in [5, 5.41) is 1.96. The highest BCUT2D eigenvalue weighted by Gasteiger charge is 1.84. The van der Waals surface area contributed by atoms with Crippen molar-refractivity contribution in [1.29, 1.82) is 0 Å². The van der Waals surface area contributed by atoms with Gasteiger partial charge in [0.15, 0.2) is 0 Å². The first-order valence-electron chi connectivity index (χ1n) is 4.15. The quantitative estimate of drug-likeness (QED) is 0.390. The zero-order valence-corrected chi connectivity index (χ0v) is 8.26. The van der Waals surface area contributed by atoms with E-state index in [9.17, 15) is 0 Å². The van der Waals surface area contributed by atoms with Gasteiger partial charge in [-0.25, -0.2) is 0 Å². The minimum Gasteiger partial charge on any atom is -0.118 e. The Balaban J connectivity index is 2.43. The molecule has 0 saturated carbocycles. The summed E-state index contributed by atoms with van der Waals surface area (Å²) in [7, 11) is 0. The van der Waals surface area contributed by atoms with Gasteiger partial charge in [-0.15, -0.1) is 12.3 Å². The topological polar surface area (TPSA) is 0 Å². The van der Waals surface area contributed by atoms with Crippen LogP contribution in [0.15, 0.2) is 65.1 Å². The maximum atomic E-state index is 3.62. The summed E-state index contributed by atoms with van der Waals surface area (Å²) in [6, 6.07) is 10.2. The molecule has 0 fully saturated rings. The van der Waals surface area contributed by atoms with Crippen molar-refractivity contribution < 1.29 is 0 Å². The lowest BCUT2D eigenvalue weighted by molar-refractivity contribution is 1.42. The number of allylic oxidation sites excluding steroid dienone is 2. The first-order chi connectivity index (χ1) is 6.43. The van der Waals surface area contributed by atoms with Gasteiger partial charge in [0.1, 0.15) is 0 Å². The van der Waals surface area contributed by atoms with E-state index in [0.29, 0.717) is 0 Å². The Bertz CT molecular complexity index is 305. The van der Waals surface area contributed by atoms with Crippen LogP contribution in [0.1, 0.15) is 6.42 Å². The first-order valence-corrected chi connectivity index (χ1v) is 5.03. The third-order valence-corrected chi connectivity index (χ3v) is 2.21. The molecular formula is C12H12S. The Morgan fingerprint density at radius 1 is 1.31 bits per heavy atom. The van der Waals surface area contributed by atoms with E-state index in [4.69, 9.17) is 0 Å². The molecule has 0 aromatic heterocycles. The fraction of sp³-hybridized carbons (Fsp3) is 0.0833. The van der Waals surface area contributed by atoms with Gasteiger partial charge in [0.2, 0.25) is 0 Å². The smallest absolute Gasteiger partial charge is 0.0175 e. The number of rotatable bonds is 4. The summed E-state index contributed by atoms with van der Waals surface area (Å²) < 4.78 is 0. The predicted octanol–water partition coefficient (Wildman–Crippen LogP) is 4.02. The number of thioether (sulfide) groups is 1. The summed E-state index contributed by atoms with van der Waals surface area (Å²) in [5.41, 5.74) is 3.08. The molecule has 66 valence electrons. The number of hydrogen-bond acceptors (Lipinski definition) is 1. The van der Waals surface area contributed by atoms with Crippen LogP contribution in [0.2, 0.25) is 0 Å². The molecule has 0 amide bonds. The monoisotopic (exact) mass is 188 g/mol. The molecule has 1 rings (SSSR count). The lowest BCUT2D eigenvalue weighted by Crippen LogP contribution is -1.63. The van der Waals surface area contributed by atoms with Crippen molar-refractivity contribution in [3.63, 3.8) is 0 Å². The van der Waals surface area contributed by atoms with Crippen LogP contribution in [0.25, 0.3) is 0 Å². The molecule has 0 atom stereocenters. The summed E-state index contributed by atoms with van der Waals surface area (Å²) in [5.74, 6) is 0. The van der Waals surface area contributed by atoms with Crippen LogP contribution in [0.3, 0.4) is 0 Å². The molecule has 0 saturated heterocycles. The third-order valence-electron chi connectivity index (χ3n) is 1.41. The molecular weight excluding hydrogens is 176 g/mol. The first kappa shape index (κ1) is 9.91. The van der Waals surface area contributed by atoms with Crippen molar-refractivity contribution in [1.82, 2.24) is 0 Å². The summed E-state index contributed by atoms with van der Waals surface area (Å²) in [6.45, 7) is 3.62. The molecule has 0 bridgehead atoms. The minimum atomic E-state index is 0.881. The van der Waals surface area contributed by atoms with Gasteiger partial charge in [-0.2, -0.15) is 0 Å². The second-order valence-electron chi connectivity index (χ2n) is 2.44. The minimum absolute atomic E-state index is 0.881. The highest BCUT2D eigenvalue weighted by molar-refractivity contribution is 8.02. The molecule has 0 spiro atoms. The van der Waals surface area contributed by atoms with Crippen LogP contribution < -0.4 is 0 Å². The van der Waals surface area contributed by atoms with Gasteiger partial charge in [-0.1, -0.05) is 36.0 Å². The Labute approximate surface area is 83.7 Å². The highest BCUT2D eigenvalue weighted by Crippen LogP contribution is 2.17. The Morgan fingerprint density at radius 2 is 2.08 bits per heavy atom. The highest BCUT2D eigenvalue weighted by atomic mass is 32.2. The zero-order valence-electron chi connectivity index (χ0n) is 7.44. The van der Waals surface area contributed by atoms with Gasteiger partial charge >= 0.3 is 0 Å². The largest absolute Gasteiger partial charge is 0.118 e. The molecule has 1 aromatic carbocycles. The normalized spacial score (nSPS) is 8.62. The van der Waals surface area contributed by atoms with Gasteiger partial charge in [0, 0.05) is 10.3 Å². The van der Waals surface area contributed by atoms with Crippen LogP contribution in [0.5, 0.6) is 0 Å². The molecule has 0 aliphatic rings. The van der Waals surface area contributed by atoms with Crippen LogP contribution in [-0.2, 0) is 0 Å². The van der Waals surface area contributed by atoms with Crippen molar-refractivity contribution >= 4 is 11.8 Å². The second-order valence-corrected chi connectivity index (χ2v) is 3.39. The average molecular weight is 188 g/mol. The van der Waals surface area contributed by atoms with Crippen molar-refractivity contribution in [2.24, 2.45) is 0 Å². The van der Waals surface area contributed by atoms with Crippen molar-refractivity contribution in [3.05, 3.63) is 60.2 Å².